The molecule has 3 saturated carbocycles. The molecule has 4 atom stereocenters. The molecule has 142 valence electrons. The summed E-state index contributed by atoms with van der Waals surface area (Å²) in [5.41, 5.74) is 6.86. The summed E-state index contributed by atoms with van der Waals surface area (Å²) in [5, 5.41) is 3.28. The molecule has 2 bridgehead atoms. The molecule has 0 heterocycles. The van der Waals surface area contributed by atoms with Gasteiger partial charge in [0.1, 0.15) is 5.75 Å². The third kappa shape index (κ3) is 3.56. The summed E-state index contributed by atoms with van der Waals surface area (Å²) in [6.45, 7) is -2.85. The number of nitrogens with one attached hydrogen (secondary N) is 1. The topological polar surface area (TPSA) is 64.3 Å². The van der Waals surface area contributed by atoms with E-state index in [1.54, 1.807) is 24.3 Å². The molecular weight excluding hydrogens is 338 g/mol. The largest absolute Gasteiger partial charge is 0.435 e. The normalized spacial score (nSPS) is 35.8. The van der Waals surface area contributed by atoms with E-state index >= 15 is 0 Å². The van der Waals surface area contributed by atoms with Gasteiger partial charge in [-0.3, -0.25) is 4.79 Å². The molecule has 0 aliphatic heterocycles. The Balaban J connectivity index is 1.41. The number of hydrogen-bond donors (Lipinski definition) is 2. The Kier molecular flexibility index (Phi) is 4.86. The van der Waals surface area contributed by atoms with E-state index in [4.69, 9.17) is 5.73 Å². The first-order valence-electron chi connectivity index (χ1n) is 9.62. The lowest BCUT2D eigenvalue weighted by Crippen LogP contribution is -2.54. The van der Waals surface area contributed by atoms with Crippen LogP contribution in [0.3, 0.4) is 0 Å². The highest BCUT2D eigenvalue weighted by Crippen LogP contribution is 2.51. The Morgan fingerprint density at radius 1 is 1.15 bits per heavy atom. The second-order valence-corrected chi connectivity index (χ2v) is 8.08. The number of para-hydroxylation sites is 1. The lowest BCUT2D eigenvalue weighted by atomic mass is 9.67. The third-order valence-electron chi connectivity index (χ3n) is 6.35. The van der Waals surface area contributed by atoms with Gasteiger partial charge in [0.05, 0.1) is 0 Å². The summed E-state index contributed by atoms with van der Waals surface area (Å²) in [6.07, 6.45) is 6.15. The van der Waals surface area contributed by atoms with Crippen LogP contribution in [0.5, 0.6) is 5.75 Å². The quantitative estimate of drug-likeness (QED) is 0.841. The number of amides is 1. The van der Waals surface area contributed by atoms with Crippen molar-refractivity contribution in [3.8, 4) is 5.75 Å². The van der Waals surface area contributed by atoms with Gasteiger partial charge in [-0.1, -0.05) is 24.6 Å². The molecule has 0 spiro atoms. The van der Waals surface area contributed by atoms with Gasteiger partial charge in [0.15, 0.2) is 0 Å². The molecule has 3 fully saturated rings. The van der Waals surface area contributed by atoms with Crippen LogP contribution in [0.25, 0.3) is 0 Å². The molecule has 4 nitrogen and oxygen atoms in total. The van der Waals surface area contributed by atoms with Gasteiger partial charge in [-0.2, -0.15) is 8.78 Å². The lowest BCUT2D eigenvalue weighted by Gasteiger charge is -2.45. The molecular formula is C20H26F2N2O2. The standard InChI is InChI=1S/C20H26F2N2O2/c21-20(22)26-17-7-2-1-6-14(17)15-10-16(15)19(25)24-18-11-4-3-5-12(18)9-13(23)8-11/h1-2,6-7,11-13,15-16,18,20H,3-5,8-10,23H2,(H,24,25). The van der Waals surface area contributed by atoms with E-state index < -0.39 is 6.61 Å². The summed E-state index contributed by atoms with van der Waals surface area (Å²) in [4.78, 5) is 12.8. The van der Waals surface area contributed by atoms with Crippen LogP contribution in [0.2, 0.25) is 0 Å². The van der Waals surface area contributed by atoms with Crippen LogP contribution in [0, 0.1) is 17.8 Å². The zero-order valence-electron chi connectivity index (χ0n) is 14.7. The number of halogens is 2. The molecule has 3 N–H and O–H groups in total. The fourth-order valence-electron chi connectivity index (χ4n) is 5.11. The zero-order chi connectivity index (χ0) is 18.3. The van der Waals surface area contributed by atoms with Gasteiger partial charge < -0.3 is 15.8 Å². The van der Waals surface area contributed by atoms with Crippen LogP contribution in [0.15, 0.2) is 24.3 Å². The number of carbonyl (C=O) groups excluding carboxylic acids is 1. The minimum Gasteiger partial charge on any atom is -0.435 e. The molecule has 1 aromatic carbocycles. The number of carbonyl (C=O) groups is 1. The summed E-state index contributed by atoms with van der Waals surface area (Å²) < 4.78 is 29.8. The van der Waals surface area contributed by atoms with Crippen molar-refractivity contribution in [2.24, 2.45) is 23.5 Å². The van der Waals surface area contributed by atoms with Crippen LogP contribution in [-0.4, -0.2) is 24.6 Å². The molecule has 0 saturated heterocycles. The molecule has 1 amide bonds. The van der Waals surface area contributed by atoms with E-state index in [1.165, 1.54) is 6.42 Å². The molecule has 0 radical (unpaired) electrons. The van der Waals surface area contributed by atoms with Crippen molar-refractivity contribution in [1.29, 1.82) is 0 Å². The predicted octanol–water partition coefficient (Wildman–Crippen LogP) is 3.41. The Labute approximate surface area is 152 Å². The van der Waals surface area contributed by atoms with Crippen molar-refractivity contribution in [1.82, 2.24) is 5.32 Å². The van der Waals surface area contributed by atoms with Crippen molar-refractivity contribution in [3.63, 3.8) is 0 Å². The SMILES string of the molecule is NC1CC2CCCC(C1)C2NC(=O)C1CC1c1ccccc1OC(F)F. The van der Waals surface area contributed by atoms with Gasteiger partial charge in [-0.25, -0.2) is 0 Å². The Hall–Kier alpha value is -1.69. The van der Waals surface area contributed by atoms with Crippen LogP contribution >= 0.6 is 0 Å². The Bertz CT molecular complexity index is 655. The van der Waals surface area contributed by atoms with E-state index in [9.17, 15) is 13.6 Å². The van der Waals surface area contributed by atoms with E-state index in [0.29, 0.717) is 23.8 Å². The fraction of sp³-hybridized carbons (Fsp3) is 0.650. The highest BCUT2D eigenvalue weighted by Gasteiger charge is 2.48. The molecule has 4 unspecified atom stereocenters. The van der Waals surface area contributed by atoms with E-state index in [2.05, 4.69) is 10.1 Å². The number of fused-ring (bicyclic) bond motifs is 2. The van der Waals surface area contributed by atoms with Crippen LogP contribution < -0.4 is 15.8 Å². The highest BCUT2D eigenvalue weighted by molar-refractivity contribution is 5.83. The fourth-order valence-corrected chi connectivity index (χ4v) is 5.11. The zero-order valence-corrected chi connectivity index (χ0v) is 14.7. The minimum atomic E-state index is -2.85. The summed E-state index contributed by atoms with van der Waals surface area (Å²) in [6, 6.07) is 7.28. The maximum Gasteiger partial charge on any atom is 0.387 e. The average molecular weight is 364 g/mol. The van der Waals surface area contributed by atoms with Crippen molar-refractivity contribution >= 4 is 5.91 Å². The smallest absolute Gasteiger partial charge is 0.387 e. The van der Waals surface area contributed by atoms with Gasteiger partial charge >= 0.3 is 6.61 Å². The maximum absolute atomic E-state index is 12.8. The molecule has 26 heavy (non-hydrogen) atoms. The van der Waals surface area contributed by atoms with Crippen molar-refractivity contribution in [2.45, 2.75) is 63.1 Å². The molecule has 3 aliphatic rings. The Morgan fingerprint density at radius 2 is 1.85 bits per heavy atom. The van der Waals surface area contributed by atoms with E-state index in [0.717, 1.165) is 25.7 Å². The van der Waals surface area contributed by atoms with Crippen LogP contribution in [0.4, 0.5) is 8.78 Å². The maximum atomic E-state index is 12.8. The first-order chi connectivity index (χ1) is 12.5. The van der Waals surface area contributed by atoms with Crippen molar-refractivity contribution < 1.29 is 18.3 Å². The predicted molar refractivity (Wildman–Crippen MR) is 93.9 cm³/mol. The number of ether oxygens (including phenoxy) is 1. The average Bonchev–Trinajstić information content (AvgIpc) is 3.36. The molecule has 6 heteroatoms. The lowest BCUT2D eigenvalue weighted by molar-refractivity contribution is -0.124. The molecule has 4 rings (SSSR count). The number of alkyl halides is 2. The van der Waals surface area contributed by atoms with Gasteiger partial charge in [-0.15, -0.1) is 0 Å². The van der Waals surface area contributed by atoms with Crippen LogP contribution in [-0.2, 0) is 4.79 Å². The second-order valence-electron chi connectivity index (χ2n) is 8.08. The number of hydrogen-bond acceptors (Lipinski definition) is 3. The number of nitrogens with two attached hydrogens (primary N) is 1. The number of benzene rings is 1. The summed E-state index contributed by atoms with van der Waals surface area (Å²) >= 11 is 0. The second kappa shape index (κ2) is 7.14. The van der Waals surface area contributed by atoms with Gasteiger partial charge in [0, 0.05) is 18.0 Å². The highest BCUT2D eigenvalue weighted by atomic mass is 19.3. The van der Waals surface area contributed by atoms with Gasteiger partial charge in [0.25, 0.3) is 0 Å². The van der Waals surface area contributed by atoms with Crippen molar-refractivity contribution in [2.75, 3.05) is 0 Å². The molecule has 1 aromatic rings. The third-order valence-corrected chi connectivity index (χ3v) is 6.35. The summed E-state index contributed by atoms with van der Waals surface area (Å²) in [7, 11) is 0. The van der Waals surface area contributed by atoms with Crippen LogP contribution in [0.1, 0.15) is 50.0 Å². The summed E-state index contributed by atoms with van der Waals surface area (Å²) in [5.74, 6) is 1.02. The molecule has 3 aliphatic carbocycles. The monoisotopic (exact) mass is 364 g/mol. The van der Waals surface area contributed by atoms with E-state index in [-0.39, 0.29) is 35.6 Å². The minimum absolute atomic E-state index is 0.0318. The van der Waals surface area contributed by atoms with Crippen molar-refractivity contribution in [3.05, 3.63) is 29.8 Å². The number of rotatable bonds is 5. The first kappa shape index (κ1) is 17.7. The van der Waals surface area contributed by atoms with Gasteiger partial charge in [0.2, 0.25) is 5.91 Å². The Morgan fingerprint density at radius 3 is 2.54 bits per heavy atom. The first-order valence-corrected chi connectivity index (χ1v) is 9.62. The van der Waals surface area contributed by atoms with E-state index in [1.807, 2.05) is 0 Å². The van der Waals surface area contributed by atoms with Gasteiger partial charge in [-0.05, 0) is 61.5 Å². The molecule has 0 aromatic heterocycles.